The Morgan fingerprint density at radius 2 is 1.88 bits per heavy atom. The lowest BCUT2D eigenvalue weighted by Crippen LogP contribution is -2.41. The Morgan fingerprint density at radius 1 is 1.16 bits per heavy atom. The molecule has 0 heterocycles. The van der Waals surface area contributed by atoms with Gasteiger partial charge >= 0.3 is 0 Å². The van der Waals surface area contributed by atoms with Crippen molar-refractivity contribution in [2.24, 2.45) is 0 Å². The topological polar surface area (TPSA) is 75.7 Å². The van der Waals surface area contributed by atoms with Crippen molar-refractivity contribution in [2.75, 3.05) is 30.3 Å². The fourth-order valence-electron chi connectivity index (χ4n) is 2.09. The van der Waals surface area contributed by atoms with Crippen LogP contribution >= 0.6 is 11.6 Å². The molecule has 0 radical (unpaired) electrons. The van der Waals surface area contributed by atoms with Crippen molar-refractivity contribution in [3.63, 3.8) is 0 Å². The molecule has 0 bridgehead atoms. The summed E-state index contributed by atoms with van der Waals surface area (Å²) in [6.07, 6.45) is 1.04. The lowest BCUT2D eigenvalue weighted by atomic mass is 10.3. The van der Waals surface area contributed by atoms with Crippen molar-refractivity contribution in [3.8, 4) is 5.75 Å². The highest BCUT2D eigenvalue weighted by atomic mass is 35.5. The van der Waals surface area contributed by atoms with Crippen molar-refractivity contribution in [1.29, 1.82) is 0 Å². The number of para-hydroxylation sites is 1. The minimum absolute atomic E-state index is 0.265. The maximum atomic E-state index is 12.1. The Labute approximate surface area is 152 Å². The van der Waals surface area contributed by atoms with Crippen LogP contribution in [0.25, 0.3) is 0 Å². The molecular weight excluding hydrogens is 364 g/mol. The first-order chi connectivity index (χ1) is 11.9. The smallest absolute Gasteiger partial charge is 0.240 e. The first-order valence-corrected chi connectivity index (χ1v) is 9.77. The summed E-state index contributed by atoms with van der Waals surface area (Å²) in [6, 6.07) is 15.5. The van der Waals surface area contributed by atoms with E-state index in [1.165, 1.54) is 6.07 Å². The SMILES string of the molecule is CS(=O)(=O)N(CC(=O)NCCOc1ccccc1)c1cccc(Cl)c1. The predicted octanol–water partition coefficient (Wildman–Crippen LogP) is 2.30. The number of nitrogens with one attached hydrogen (secondary N) is 1. The van der Waals surface area contributed by atoms with Gasteiger partial charge in [0.25, 0.3) is 0 Å². The van der Waals surface area contributed by atoms with E-state index in [-0.39, 0.29) is 19.7 Å². The van der Waals surface area contributed by atoms with E-state index in [1.54, 1.807) is 18.2 Å². The Hall–Kier alpha value is -2.25. The summed E-state index contributed by atoms with van der Waals surface area (Å²) in [5, 5.41) is 3.03. The Balaban J connectivity index is 1.89. The van der Waals surface area contributed by atoms with Crippen LogP contribution in [-0.2, 0) is 14.8 Å². The van der Waals surface area contributed by atoms with Crippen molar-refractivity contribution in [1.82, 2.24) is 5.32 Å². The zero-order chi connectivity index (χ0) is 18.3. The molecule has 134 valence electrons. The second-order valence-corrected chi connectivity index (χ2v) is 7.60. The Morgan fingerprint density at radius 3 is 2.52 bits per heavy atom. The fourth-order valence-corrected chi connectivity index (χ4v) is 3.13. The third kappa shape index (κ3) is 6.28. The fraction of sp³-hybridized carbons (Fsp3) is 0.235. The van der Waals surface area contributed by atoms with Crippen molar-refractivity contribution in [2.45, 2.75) is 0 Å². The minimum atomic E-state index is -3.62. The van der Waals surface area contributed by atoms with Gasteiger partial charge in [0, 0.05) is 5.02 Å². The molecule has 2 rings (SSSR count). The Kier molecular flexibility index (Phi) is 6.66. The summed E-state index contributed by atoms with van der Waals surface area (Å²) in [5.41, 5.74) is 0.339. The molecule has 0 atom stereocenters. The molecule has 0 aliphatic rings. The monoisotopic (exact) mass is 382 g/mol. The first kappa shape index (κ1) is 19.1. The molecular formula is C17H19ClN2O4S. The highest BCUT2D eigenvalue weighted by Gasteiger charge is 2.20. The van der Waals surface area contributed by atoms with Crippen LogP contribution < -0.4 is 14.4 Å². The quantitative estimate of drug-likeness (QED) is 0.711. The maximum absolute atomic E-state index is 12.1. The lowest BCUT2D eigenvalue weighted by molar-refractivity contribution is -0.119. The van der Waals surface area contributed by atoms with Gasteiger partial charge in [-0.3, -0.25) is 9.10 Å². The highest BCUT2D eigenvalue weighted by molar-refractivity contribution is 7.92. The van der Waals surface area contributed by atoms with E-state index in [0.29, 0.717) is 16.5 Å². The number of amides is 1. The number of carbonyl (C=O) groups is 1. The van der Waals surface area contributed by atoms with Gasteiger partial charge in [0.15, 0.2) is 0 Å². The average Bonchev–Trinajstić information content (AvgIpc) is 2.56. The van der Waals surface area contributed by atoms with Gasteiger partial charge in [-0.25, -0.2) is 8.42 Å². The van der Waals surface area contributed by atoms with Crippen LogP contribution in [0.4, 0.5) is 5.69 Å². The second kappa shape index (κ2) is 8.73. The summed E-state index contributed by atoms with van der Waals surface area (Å²) in [7, 11) is -3.62. The molecule has 8 heteroatoms. The average molecular weight is 383 g/mol. The van der Waals surface area contributed by atoms with Gasteiger partial charge in [-0.15, -0.1) is 0 Å². The standard InChI is InChI=1S/C17H19ClN2O4S/c1-25(22,23)20(15-7-5-6-14(18)12-15)13-17(21)19-10-11-24-16-8-3-2-4-9-16/h2-9,12H,10-11,13H2,1H3,(H,19,21). The molecule has 0 aliphatic heterocycles. The number of hydrogen-bond donors (Lipinski definition) is 1. The van der Waals surface area contributed by atoms with Crippen LogP contribution in [0, 0.1) is 0 Å². The number of benzene rings is 2. The van der Waals surface area contributed by atoms with E-state index in [4.69, 9.17) is 16.3 Å². The molecule has 0 aliphatic carbocycles. The first-order valence-electron chi connectivity index (χ1n) is 7.54. The van der Waals surface area contributed by atoms with Gasteiger partial charge < -0.3 is 10.1 Å². The van der Waals surface area contributed by atoms with E-state index < -0.39 is 15.9 Å². The van der Waals surface area contributed by atoms with Crippen molar-refractivity contribution >= 4 is 33.2 Å². The van der Waals surface area contributed by atoms with E-state index >= 15 is 0 Å². The van der Waals surface area contributed by atoms with Crippen molar-refractivity contribution < 1.29 is 17.9 Å². The number of halogens is 1. The summed E-state index contributed by atoms with van der Waals surface area (Å²) >= 11 is 5.90. The third-order valence-corrected chi connectivity index (χ3v) is 4.60. The Bertz CT molecular complexity index is 812. The molecule has 0 saturated heterocycles. The van der Waals surface area contributed by atoms with Gasteiger partial charge in [0.05, 0.1) is 18.5 Å². The van der Waals surface area contributed by atoms with Gasteiger partial charge in [0.2, 0.25) is 15.9 Å². The molecule has 0 unspecified atom stereocenters. The van der Waals surface area contributed by atoms with Gasteiger partial charge in [-0.05, 0) is 30.3 Å². The zero-order valence-corrected chi connectivity index (χ0v) is 15.3. The second-order valence-electron chi connectivity index (χ2n) is 5.26. The normalized spacial score (nSPS) is 11.0. The van der Waals surface area contributed by atoms with Gasteiger partial charge in [0.1, 0.15) is 18.9 Å². The van der Waals surface area contributed by atoms with Crippen molar-refractivity contribution in [3.05, 3.63) is 59.6 Å². The zero-order valence-electron chi connectivity index (χ0n) is 13.7. The van der Waals surface area contributed by atoms with Crippen LogP contribution in [0.5, 0.6) is 5.75 Å². The molecule has 0 saturated carbocycles. The molecule has 2 aromatic carbocycles. The van der Waals surface area contributed by atoms with Crippen LogP contribution in [0.1, 0.15) is 0 Å². The number of rotatable bonds is 8. The maximum Gasteiger partial charge on any atom is 0.240 e. The molecule has 0 aromatic heterocycles. The molecule has 1 amide bonds. The lowest BCUT2D eigenvalue weighted by Gasteiger charge is -2.22. The molecule has 25 heavy (non-hydrogen) atoms. The number of sulfonamides is 1. The molecule has 0 spiro atoms. The number of anilines is 1. The minimum Gasteiger partial charge on any atom is -0.492 e. The molecule has 1 N–H and O–H groups in total. The number of hydrogen-bond acceptors (Lipinski definition) is 4. The number of nitrogens with zero attached hydrogens (tertiary/aromatic N) is 1. The third-order valence-electron chi connectivity index (χ3n) is 3.22. The summed E-state index contributed by atoms with van der Waals surface area (Å²) in [6.45, 7) is 0.219. The molecule has 0 fully saturated rings. The highest BCUT2D eigenvalue weighted by Crippen LogP contribution is 2.21. The van der Waals surface area contributed by atoms with Gasteiger partial charge in [-0.2, -0.15) is 0 Å². The van der Waals surface area contributed by atoms with Gasteiger partial charge in [-0.1, -0.05) is 35.9 Å². The van der Waals surface area contributed by atoms with E-state index in [9.17, 15) is 13.2 Å². The van der Waals surface area contributed by atoms with Crippen LogP contribution in [0.15, 0.2) is 54.6 Å². The molecule has 2 aromatic rings. The van der Waals surface area contributed by atoms with Crippen LogP contribution in [0.2, 0.25) is 5.02 Å². The van der Waals surface area contributed by atoms with E-state index in [1.807, 2.05) is 30.3 Å². The van der Waals surface area contributed by atoms with E-state index in [2.05, 4.69) is 5.32 Å². The predicted molar refractivity (Wildman–Crippen MR) is 98.6 cm³/mol. The number of ether oxygens (including phenoxy) is 1. The largest absolute Gasteiger partial charge is 0.492 e. The van der Waals surface area contributed by atoms with Crippen LogP contribution in [0.3, 0.4) is 0 Å². The van der Waals surface area contributed by atoms with Crippen LogP contribution in [-0.4, -0.2) is 40.3 Å². The molecule has 6 nitrogen and oxygen atoms in total. The number of carbonyl (C=O) groups excluding carboxylic acids is 1. The summed E-state index contributed by atoms with van der Waals surface area (Å²) in [5.74, 6) is 0.274. The summed E-state index contributed by atoms with van der Waals surface area (Å²) < 4.78 is 30.4. The summed E-state index contributed by atoms with van der Waals surface area (Å²) in [4.78, 5) is 12.1. The van der Waals surface area contributed by atoms with E-state index in [0.717, 1.165) is 10.6 Å².